The van der Waals surface area contributed by atoms with Gasteiger partial charge in [-0.3, -0.25) is 9.59 Å². The predicted molar refractivity (Wildman–Crippen MR) is 111 cm³/mol. The molecule has 1 aromatic rings. The highest BCUT2D eigenvalue weighted by Gasteiger charge is 2.47. The number of nitrogens with one attached hydrogen (secondary N) is 1. The molecule has 2 heterocycles. The van der Waals surface area contributed by atoms with E-state index in [0.717, 1.165) is 46.2 Å². The van der Waals surface area contributed by atoms with Crippen LogP contribution in [0, 0.1) is 10.8 Å². The molecule has 1 aliphatic heterocycles. The fourth-order valence-electron chi connectivity index (χ4n) is 5.05. The SMILES string of the molecule is CSc1ncc(C2C3=C(CC(C)(C)CC3=O)NC3=C2C(=O)CC(C)(C)C3)n1C. The number of allylic oxidation sites excluding steroid dienone is 4. The largest absolute Gasteiger partial charge is 0.362 e. The lowest BCUT2D eigenvalue weighted by Crippen LogP contribution is -2.42. The van der Waals surface area contributed by atoms with Gasteiger partial charge in [0, 0.05) is 42.4 Å². The highest BCUT2D eigenvalue weighted by atomic mass is 32.2. The van der Waals surface area contributed by atoms with Gasteiger partial charge in [-0.25, -0.2) is 4.98 Å². The molecule has 0 fully saturated rings. The van der Waals surface area contributed by atoms with Gasteiger partial charge < -0.3 is 9.88 Å². The van der Waals surface area contributed by atoms with Gasteiger partial charge >= 0.3 is 0 Å². The minimum atomic E-state index is -0.308. The molecule has 0 spiro atoms. The van der Waals surface area contributed by atoms with E-state index < -0.39 is 0 Å². The van der Waals surface area contributed by atoms with E-state index in [1.807, 2.05) is 24.1 Å². The quantitative estimate of drug-likeness (QED) is 0.758. The van der Waals surface area contributed by atoms with E-state index in [-0.39, 0.29) is 28.3 Å². The third-order valence-corrected chi connectivity index (χ3v) is 6.92. The maximum Gasteiger partial charge on any atom is 0.167 e. The van der Waals surface area contributed by atoms with E-state index in [9.17, 15) is 9.59 Å². The molecule has 3 aliphatic rings. The van der Waals surface area contributed by atoms with Gasteiger partial charge in [0.25, 0.3) is 0 Å². The second-order valence-corrected chi connectivity index (χ2v) is 10.7. The van der Waals surface area contributed by atoms with Crippen LogP contribution in [0.4, 0.5) is 0 Å². The molecule has 0 bridgehead atoms. The van der Waals surface area contributed by atoms with Crippen LogP contribution in [0.15, 0.2) is 33.9 Å². The molecule has 1 aromatic heterocycles. The normalized spacial score (nSPS) is 24.2. The number of hydrogen-bond donors (Lipinski definition) is 1. The summed E-state index contributed by atoms with van der Waals surface area (Å²) >= 11 is 1.57. The molecule has 0 saturated carbocycles. The van der Waals surface area contributed by atoms with Crippen LogP contribution in [-0.2, 0) is 16.6 Å². The summed E-state index contributed by atoms with van der Waals surface area (Å²) in [7, 11) is 1.98. The van der Waals surface area contributed by atoms with Crippen LogP contribution < -0.4 is 5.32 Å². The number of rotatable bonds is 2. The highest BCUT2D eigenvalue weighted by Crippen LogP contribution is 2.51. The monoisotopic (exact) mass is 399 g/mol. The van der Waals surface area contributed by atoms with Crippen molar-refractivity contribution >= 4 is 23.3 Å². The van der Waals surface area contributed by atoms with Gasteiger partial charge in [-0.2, -0.15) is 0 Å². The molecule has 150 valence electrons. The Morgan fingerprint density at radius 2 is 1.50 bits per heavy atom. The van der Waals surface area contributed by atoms with Crippen molar-refractivity contribution in [3.05, 3.63) is 34.4 Å². The molecule has 6 heteroatoms. The fraction of sp³-hybridized carbons (Fsp3) is 0.591. The molecular weight excluding hydrogens is 370 g/mol. The van der Waals surface area contributed by atoms with Crippen molar-refractivity contribution in [3.8, 4) is 0 Å². The summed E-state index contributed by atoms with van der Waals surface area (Å²) in [5.74, 6) is -0.00322. The lowest BCUT2D eigenvalue weighted by Gasteiger charge is -2.43. The highest BCUT2D eigenvalue weighted by molar-refractivity contribution is 7.98. The Morgan fingerprint density at radius 3 is 1.93 bits per heavy atom. The van der Waals surface area contributed by atoms with E-state index >= 15 is 0 Å². The van der Waals surface area contributed by atoms with Crippen molar-refractivity contribution in [2.24, 2.45) is 17.9 Å². The zero-order chi connectivity index (χ0) is 20.4. The van der Waals surface area contributed by atoms with Crippen LogP contribution in [-0.4, -0.2) is 27.4 Å². The number of aromatic nitrogens is 2. The molecule has 0 unspecified atom stereocenters. The molecule has 0 atom stereocenters. The van der Waals surface area contributed by atoms with E-state index in [0.29, 0.717) is 12.8 Å². The number of hydrogen-bond acceptors (Lipinski definition) is 5. The summed E-state index contributed by atoms with van der Waals surface area (Å²) in [5.41, 5.74) is 4.35. The zero-order valence-corrected chi connectivity index (χ0v) is 18.4. The average Bonchev–Trinajstić information content (AvgIpc) is 2.90. The number of Topliss-reactive ketones (excluding diaryl/α,β-unsaturated/α-hetero) is 2. The minimum Gasteiger partial charge on any atom is -0.362 e. The number of ketones is 2. The lowest BCUT2D eigenvalue weighted by atomic mass is 9.65. The van der Waals surface area contributed by atoms with Gasteiger partial charge in [0.2, 0.25) is 0 Å². The van der Waals surface area contributed by atoms with Gasteiger partial charge in [0.15, 0.2) is 16.7 Å². The molecule has 2 aliphatic carbocycles. The van der Waals surface area contributed by atoms with Crippen molar-refractivity contribution in [1.82, 2.24) is 14.9 Å². The van der Waals surface area contributed by atoms with Gasteiger partial charge in [0.1, 0.15) is 0 Å². The van der Waals surface area contributed by atoms with Crippen molar-refractivity contribution in [2.75, 3.05) is 6.26 Å². The first-order chi connectivity index (χ1) is 13.0. The van der Waals surface area contributed by atoms with Crippen LogP contribution in [0.2, 0.25) is 0 Å². The third kappa shape index (κ3) is 3.06. The number of nitrogens with zero attached hydrogens (tertiary/aromatic N) is 2. The molecule has 0 radical (unpaired) electrons. The van der Waals surface area contributed by atoms with Crippen molar-refractivity contribution in [3.63, 3.8) is 0 Å². The topological polar surface area (TPSA) is 64.0 Å². The summed E-state index contributed by atoms with van der Waals surface area (Å²) < 4.78 is 2.04. The number of carbonyl (C=O) groups excluding carboxylic acids is 2. The van der Waals surface area contributed by atoms with Crippen molar-refractivity contribution in [1.29, 1.82) is 0 Å². The fourth-order valence-corrected chi connectivity index (χ4v) is 5.58. The molecule has 1 N–H and O–H groups in total. The van der Waals surface area contributed by atoms with E-state index in [4.69, 9.17) is 0 Å². The summed E-state index contributed by atoms with van der Waals surface area (Å²) in [5, 5.41) is 4.45. The first-order valence-corrected chi connectivity index (χ1v) is 11.1. The van der Waals surface area contributed by atoms with Crippen LogP contribution in [0.1, 0.15) is 65.0 Å². The number of imidazole rings is 1. The Kier molecular flexibility index (Phi) is 4.42. The standard InChI is InChI=1S/C22H29N3O2S/c1-21(2)7-12-17(15(26)9-21)19(14-11-23-20(28-6)25(14)5)18-13(24-12)8-22(3,4)10-16(18)27/h11,19,24H,7-10H2,1-6H3. The number of dihydropyridines is 1. The first kappa shape index (κ1) is 19.5. The number of carbonyl (C=O) groups is 2. The minimum absolute atomic E-state index is 0.0728. The summed E-state index contributed by atoms with van der Waals surface area (Å²) in [6, 6.07) is 0. The van der Waals surface area contributed by atoms with E-state index in [2.05, 4.69) is 38.0 Å². The summed E-state index contributed by atoms with van der Waals surface area (Å²) in [6.45, 7) is 8.56. The first-order valence-electron chi connectivity index (χ1n) is 9.88. The van der Waals surface area contributed by atoms with Gasteiger partial charge in [0.05, 0.1) is 17.8 Å². The Balaban J connectivity index is 1.93. The predicted octanol–water partition coefficient (Wildman–Crippen LogP) is 4.12. The Morgan fingerprint density at radius 1 is 1.00 bits per heavy atom. The Bertz CT molecular complexity index is 897. The molecular formula is C22H29N3O2S. The van der Waals surface area contributed by atoms with Gasteiger partial charge in [-0.15, -0.1) is 0 Å². The smallest absolute Gasteiger partial charge is 0.167 e. The molecule has 4 rings (SSSR count). The van der Waals surface area contributed by atoms with Crippen molar-refractivity contribution in [2.45, 2.75) is 64.5 Å². The van der Waals surface area contributed by atoms with Crippen molar-refractivity contribution < 1.29 is 9.59 Å². The maximum atomic E-state index is 13.3. The number of thioether (sulfide) groups is 1. The van der Waals surface area contributed by atoms with Crippen LogP contribution in [0.3, 0.4) is 0 Å². The molecule has 0 amide bonds. The lowest BCUT2D eigenvalue weighted by molar-refractivity contribution is -0.119. The third-order valence-electron chi connectivity index (χ3n) is 6.18. The van der Waals surface area contributed by atoms with Gasteiger partial charge in [-0.1, -0.05) is 39.5 Å². The molecule has 28 heavy (non-hydrogen) atoms. The summed E-state index contributed by atoms with van der Waals surface area (Å²) in [4.78, 5) is 31.0. The van der Waals surface area contributed by atoms with Gasteiger partial charge in [-0.05, 0) is 29.9 Å². The second kappa shape index (κ2) is 6.34. The van der Waals surface area contributed by atoms with Crippen LogP contribution in [0.25, 0.3) is 0 Å². The maximum absolute atomic E-state index is 13.3. The Hall–Kier alpha value is -1.82. The van der Waals surface area contributed by atoms with Crippen LogP contribution in [0.5, 0.6) is 0 Å². The second-order valence-electron chi connectivity index (χ2n) is 9.95. The van der Waals surface area contributed by atoms with E-state index in [1.165, 1.54) is 0 Å². The Labute approximate surface area is 171 Å². The zero-order valence-electron chi connectivity index (χ0n) is 17.6. The molecule has 0 saturated heterocycles. The average molecular weight is 400 g/mol. The van der Waals surface area contributed by atoms with E-state index in [1.54, 1.807) is 11.8 Å². The molecule has 5 nitrogen and oxygen atoms in total. The van der Waals surface area contributed by atoms with Crippen LogP contribution >= 0.6 is 11.8 Å². The summed E-state index contributed by atoms with van der Waals surface area (Å²) in [6.07, 6.45) is 6.51. The molecule has 0 aromatic carbocycles.